The van der Waals surface area contributed by atoms with Crippen molar-refractivity contribution >= 4 is 23.6 Å². The van der Waals surface area contributed by atoms with E-state index in [4.69, 9.17) is 21.4 Å². The summed E-state index contributed by atoms with van der Waals surface area (Å²) in [6.45, 7) is 6.23. The molecule has 1 aliphatic rings. The van der Waals surface area contributed by atoms with Gasteiger partial charge in [-0.2, -0.15) is 0 Å². The lowest BCUT2D eigenvalue weighted by molar-refractivity contribution is -0.139. The van der Waals surface area contributed by atoms with Crippen LogP contribution in [-0.4, -0.2) is 71.8 Å². The van der Waals surface area contributed by atoms with E-state index >= 15 is 0 Å². The lowest BCUT2D eigenvalue weighted by Crippen LogP contribution is -2.51. The summed E-state index contributed by atoms with van der Waals surface area (Å²) in [5.41, 5.74) is 0. The summed E-state index contributed by atoms with van der Waals surface area (Å²) in [6.07, 6.45) is 1.38. The topological polar surface area (TPSA) is 82.1 Å². The van der Waals surface area contributed by atoms with E-state index in [1.807, 2.05) is 30.9 Å². The van der Waals surface area contributed by atoms with Crippen LogP contribution in [0.2, 0.25) is 5.02 Å². The molecule has 2 rings (SSSR count). The average molecular weight is 398 g/mol. The molecular formula is C19H28ClN3O4. The fourth-order valence-electron chi connectivity index (χ4n) is 3.26. The molecule has 1 aromatic carbocycles. The second-order valence-corrected chi connectivity index (χ2v) is 7.18. The van der Waals surface area contributed by atoms with Crippen molar-refractivity contribution in [1.82, 2.24) is 15.1 Å². The number of carboxylic acid groups (broad SMARTS) is 1. The summed E-state index contributed by atoms with van der Waals surface area (Å²) in [5, 5.41) is 12.5. The molecule has 0 saturated carbocycles. The average Bonchev–Trinajstić information content (AvgIpc) is 2.64. The molecule has 0 aromatic heterocycles. The van der Waals surface area contributed by atoms with E-state index in [9.17, 15) is 9.59 Å². The number of carbonyl (C=O) groups is 2. The maximum atomic E-state index is 12.4. The van der Waals surface area contributed by atoms with E-state index in [2.05, 4.69) is 5.32 Å². The van der Waals surface area contributed by atoms with Crippen LogP contribution in [0.5, 0.6) is 5.75 Å². The van der Waals surface area contributed by atoms with Crippen molar-refractivity contribution in [1.29, 1.82) is 0 Å². The number of piperidine rings is 1. The molecule has 0 bridgehead atoms. The van der Waals surface area contributed by atoms with Gasteiger partial charge in [-0.25, -0.2) is 4.79 Å². The highest BCUT2D eigenvalue weighted by atomic mass is 35.5. The Balaban J connectivity index is 1.73. The third-order valence-corrected chi connectivity index (χ3v) is 4.92. The minimum absolute atomic E-state index is 0.0473. The Hall–Kier alpha value is -1.99. The van der Waals surface area contributed by atoms with Crippen LogP contribution in [0, 0.1) is 0 Å². The fraction of sp³-hybridized carbons (Fsp3) is 0.579. The first-order valence-electron chi connectivity index (χ1n) is 9.30. The van der Waals surface area contributed by atoms with Crippen LogP contribution in [0.15, 0.2) is 24.3 Å². The first kappa shape index (κ1) is 21.3. The van der Waals surface area contributed by atoms with Gasteiger partial charge in [0, 0.05) is 24.2 Å². The third kappa shape index (κ3) is 6.92. The number of nitrogens with zero attached hydrogens (tertiary/aromatic N) is 2. The number of halogens is 1. The summed E-state index contributed by atoms with van der Waals surface area (Å²) >= 11 is 5.94. The first-order chi connectivity index (χ1) is 12.9. The van der Waals surface area contributed by atoms with Gasteiger partial charge in [0.25, 0.3) is 0 Å². The van der Waals surface area contributed by atoms with Gasteiger partial charge in [0.2, 0.25) is 0 Å². The number of benzene rings is 1. The van der Waals surface area contributed by atoms with Gasteiger partial charge in [-0.05, 0) is 44.5 Å². The Kier molecular flexibility index (Phi) is 8.19. The molecule has 1 heterocycles. The molecule has 0 spiro atoms. The summed E-state index contributed by atoms with van der Waals surface area (Å²) < 4.78 is 5.75. The number of carboxylic acids is 1. The lowest BCUT2D eigenvalue weighted by Gasteiger charge is -2.37. The number of nitrogens with one attached hydrogen (secondary N) is 1. The zero-order valence-corrected chi connectivity index (χ0v) is 16.6. The second-order valence-electron chi connectivity index (χ2n) is 6.75. The fourth-order valence-corrected chi connectivity index (χ4v) is 3.44. The van der Waals surface area contributed by atoms with Crippen molar-refractivity contribution in [3.05, 3.63) is 29.3 Å². The molecule has 1 fully saturated rings. The molecule has 1 aromatic rings. The van der Waals surface area contributed by atoms with Crippen LogP contribution in [-0.2, 0) is 4.79 Å². The smallest absolute Gasteiger partial charge is 0.317 e. The molecular weight excluding hydrogens is 370 g/mol. The Morgan fingerprint density at radius 3 is 2.70 bits per heavy atom. The second kappa shape index (κ2) is 10.4. The van der Waals surface area contributed by atoms with Crippen molar-refractivity contribution < 1.29 is 19.4 Å². The van der Waals surface area contributed by atoms with Gasteiger partial charge in [-0.1, -0.05) is 24.6 Å². The predicted octanol–water partition coefficient (Wildman–Crippen LogP) is 2.69. The number of likely N-dealkylation sites (tertiary alicyclic amines) is 1. The molecule has 2 amide bonds. The zero-order valence-electron chi connectivity index (χ0n) is 15.9. The molecule has 1 unspecified atom stereocenters. The van der Waals surface area contributed by atoms with Crippen molar-refractivity contribution in [3.63, 3.8) is 0 Å². The van der Waals surface area contributed by atoms with Gasteiger partial charge in [0.1, 0.15) is 11.9 Å². The minimum atomic E-state index is -0.814. The molecule has 1 atom stereocenters. The van der Waals surface area contributed by atoms with Crippen molar-refractivity contribution in [2.45, 2.75) is 38.8 Å². The zero-order chi connectivity index (χ0) is 19.8. The quantitative estimate of drug-likeness (QED) is 0.704. The maximum absolute atomic E-state index is 12.4. The molecule has 8 heteroatoms. The van der Waals surface area contributed by atoms with Gasteiger partial charge in [0.15, 0.2) is 0 Å². The maximum Gasteiger partial charge on any atom is 0.317 e. The Morgan fingerprint density at radius 2 is 2.11 bits per heavy atom. The number of urea groups is 1. The minimum Gasteiger partial charge on any atom is -0.489 e. The van der Waals surface area contributed by atoms with E-state index in [1.54, 1.807) is 17.0 Å². The predicted molar refractivity (Wildman–Crippen MR) is 104 cm³/mol. The van der Waals surface area contributed by atoms with Gasteiger partial charge in [0.05, 0.1) is 13.1 Å². The molecule has 1 saturated heterocycles. The van der Waals surface area contributed by atoms with Gasteiger partial charge >= 0.3 is 12.0 Å². The van der Waals surface area contributed by atoms with E-state index in [0.717, 1.165) is 12.8 Å². The van der Waals surface area contributed by atoms with Gasteiger partial charge in [-0.3, -0.25) is 9.69 Å². The normalized spacial score (nSPS) is 16.2. The third-order valence-electron chi connectivity index (χ3n) is 4.69. The molecule has 150 valence electrons. The largest absolute Gasteiger partial charge is 0.489 e. The van der Waals surface area contributed by atoms with E-state index in [0.29, 0.717) is 37.0 Å². The molecule has 0 radical (unpaired) electrons. The molecule has 27 heavy (non-hydrogen) atoms. The summed E-state index contributed by atoms with van der Waals surface area (Å²) in [6, 6.07) is 7.25. The van der Waals surface area contributed by atoms with Crippen molar-refractivity contribution in [2.75, 3.05) is 32.7 Å². The van der Waals surface area contributed by atoms with Gasteiger partial charge in [-0.15, -0.1) is 0 Å². The molecule has 0 aliphatic carbocycles. The number of aliphatic carboxylic acids is 1. The van der Waals surface area contributed by atoms with Crippen LogP contribution < -0.4 is 10.1 Å². The van der Waals surface area contributed by atoms with Crippen molar-refractivity contribution in [2.24, 2.45) is 0 Å². The molecule has 7 nitrogen and oxygen atoms in total. The number of ether oxygens (including phenoxy) is 1. The standard InChI is InChI=1S/C19H28ClN3O4/c1-3-22(13-18(24)25)16-7-9-23(10-8-16)19(26)21-12-14(2)27-17-6-4-5-15(20)11-17/h4-6,11,14,16H,3,7-10,12-13H2,1-2H3,(H,21,26)(H,24,25). The van der Waals surface area contributed by atoms with Crippen LogP contribution in [0.1, 0.15) is 26.7 Å². The van der Waals surface area contributed by atoms with Crippen LogP contribution in [0.4, 0.5) is 4.79 Å². The number of rotatable bonds is 8. The van der Waals surface area contributed by atoms with E-state index in [1.165, 1.54) is 0 Å². The highest BCUT2D eigenvalue weighted by Gasteiger charge is 2.27. The molecule has 1 aliphatic heterocycles. The highest BCUT2D eigenvalue weighted by molar-refractivity contribution is 6.30. The number of likely N-dealkylation sites (N-methyl/N-ethyl adjacent to an activating group) is 1. The summed E-state index contributed by atoms with van der Waals surface area (Å²) in [7, 11) is 0. The monoisotopic (exact) mass is 397 g/mol. The van der Waals surface area contributed by atoms with E-state index < -0.39 is 5.97 Å². The first-order valence-corrected chi connectivity index (χ1v) is 9.67. The highest BCUT2D eigenvalue weighted by Crippen LogP contribution is 2.19. The Labute approximate surface area is 165 Å². The number of amides is 2. The summed E-state index contributed by atoms with van der Waals surface area (Å²) in [5.74, 6) is -0.145. The summed E-state index contributed by atoms with van der Waals surface area (Å²) in [4.78, 5) is 27.0. The molecule has 2 N–H and O–H groups in total. The SMILES string of the molecule is CCN(CC(=O)O)C1CCN(C(=O)NCC(C)Oc2cccc(Cl)c2)CC1. The van der Waals surface area contributed by atoms with Gasteiger partial charge < -0.3 is 20.1 Å². The van der Waals surface area contributed by atoms with Crippen LogP contribution >= 0.6 is 11.6 Å². The number of hydrogen-bond donors (Lipinski definition) is 2. The van der Waals surface area contributed by atoms with Crippen molar-refractivity contribution in [3.8, 4) is 5.75 Å². The Bertz CT molecular complexity index is 635. The van der Waals surface area contributed by atoms with Crippen LogP contribution in [0.25, 0.3) is 0 Å². The van der Waals surface area contributed by atoms with E-state index in [-0.39, 0.29) is 24.7 Å². The number of carbonyl (C=O) groups excluding carboxylic acids is 1. The van der Waals surface area contributed by atoms with Crippen LogP contribution in [0.3, 0.4) is 0 Å². The lowest BCUT2D eigenvalue weighted by atomic mass is 10.0. The Morgan fingerprint density at radius 1 is 1.41 bits per heavy atom. The number of hydrogen-bond acceptors (Lipinski definition) is 4.